The van der Waals surface area contributed by atoms with Crippen molar-refractivity contribution in [3.63, 3.8) is 0 Å². The summed E-state index contributed by atoms with van der Waals surface area (Å²) in [5, 5.41) is 3.35. The molecule has 0 saturated heterocycles. The fourth-order valence-electron chi connectivity index (χ4n) is 4.14. The highest BCUT2D eigenvalue weighted by Crippen LogP contribution is 2.29. The largest absolute Gasteiger partial charge is 0.497 e. The van der Waals surface area contributed by atoms with Crippen molar-refractivity contribution in [2.24, 2.45) is 0 Å². The summed E-state index contributed by atoms with van der Waals surface area (Å²) in [5.41, 5.74) is 5.05. The normalized spacial score (nSPS) is 14.3. The molecule has 0 unspecified atom stereocenters. The van der Waals surface area contributed by atoms with Crippen molar-refractivity contribution in [3.05, 3.63) is 64.9 Å². The molecule has 1 aromatic carbocycles. The Morgan fingerprint density at radius 3 is 2.97 bits per heavy atom. The number of aryl methyl sites for hydroxylation is 1. The van der Waals surface area contributed by atoms with E-state index in [1.54, 1.807) is 18.4 Å². The molecule has 148 valence electrons. The summed E-state index contributed by atoms with van der Waals surface area (Å²) < 4.78 is 7.78. The Bertz CT molecular complexity index is 1150. The van der Waals surface area contributed by atoms with Crippen molar-refractivity contribution < 1.29 is 4.74 Å². The van der Waals surface area contributed by atoms with Gasteiger partial charge in [0.25, 0.3) is 0 Å². The second-order valence-electron chi connectivity index (χ2n) is 7.43. The lowest BCUT2D eigenvalue weighted by Gasteiger charge is -2.27. The maximum Gasteiger partial charge on any atom is 0.169 e. The third-order valence-electron chi connectivity index (χ3n) is 5.66. The number of ether oxygens (including phenoxy) is 1. The van der Waals surface area contributed by atoms with Gasteiger partial charge in [0, 0.05) is 61.5 Å². The lowest BCUT2D eigenvalue weighted by molar-refractivity contribution is 0.243. The van der Waals surface area contributed by atoms with Crippen LogP contribution < -0.4 is 4.74 Å². The van der Waals surface area contributed by atoms with Crippen LogP contribution in [0, 0.1) is 0 Å². The van der Waals surface area contributed by atoms with Gasteiger partial charge in [0.15, 0.2) is 5.82 Å². The van der Waals surface area contributed by atoms with Gasteiger partial charge in [-0.3, -0.25) is 4.90 Å². The zero-order valence-corrected chi connectivity index (χ0v) is 17.6. The molecule has 0 N–H and O–H groups in total. The number of nitrogens with zero attached hydrogens (tertiary/aromatic N) is 4. The molecule has 0 radical (unpaired) electrons. The molecule has 4 heterocycles. The Morgan fingerprint density at radius 1 is 1.24 bits per heavy atom. The highest BCUT2D eigenvalue weighted by Gasteiger charge is 2.20. The predicted octanol–water partition coefficient (Wildman–Crippen LogP) is 4.75. The fraction of sp³-hybridized carbons (Fsp3) is 0.304. The molecule has 0 atom stereocenters. The van der Waals surface area contributed by atoms with E-state index in [9.17, 15) is 0 Å². The smallest absolute Gasteiger partial charge is 0.169 e. The van der Waals surface area contributed by atoms with Crippen molar-refractivity contribution in [2.75, 3.05) is 13.7 Å². The van der Waals surface area contributed by atoms with Crippen LogP contribution in [0.4, 0.5) is 0 Å². The molecular weight excluding hydrogens is 380 g/mol. The molecule has 5 rings (SSSR count). The van der Waals surface area contributed by atoms with Crippen LogP contribution in [0.2, 0.25) is 0 Å². The van der Waals surface area contributed by atoms with Crippen LogP contribution in [0.15, 0.2) is 48.1 Å². The quantitative estimate of drug-likeness (QED) is 0.482. The van der Waals surface area contributed by atoms with Crippen LogP contribution in [0.5, 0.6) is 5.75 Å². The molecule has 0 amide bonds. The molecule has 0 fully saturated rings. The Hall–Kier alpha value is -2.70. The van der Waals surface area contributed by atoms with Gasteiger partial charge < -0.3 is 9.30 Å². The Morgan fingerprint density at radius 2 is 2.17 bits per heavy atom. The summed E-state index contributed by atoms with van der Waals surface area (Å²) in [6, 6.07) is 10.5. The molecule has 3 aromatic heterocycles. The van der Waals surface area contributed by atoms with Gasteiger partial charge in [0.05, 0.1) is 17.7 Å². The van der Waals surface area contributed by atoms with Crippen LogP contribution in [0.1, 0.15) is 23.7 Å². The van der Waals surface area contributed by atoms with Crippen molar-refractivity contribution in [1.82, 2.24) is 19.4 Å². The summed E-state index contributed by atoms with van der Waals surface area (Å²) in [6.45, 7) is 5.97. The van der Waals surface area contributed by atoms with Crippen LogP contribution in [0.3, 0.4) is 0 Å². The van der Waals surface area contributed by atoms with Crippen molar-refractivity contribution in [2.45, 2.75) is 33.0 Å². The maximum atomic E-state index is 5.46. The van der Waals surface area contributed by atoms with Crippen LogP contribution in [0.25, 0.3) is 21.6 Å². The minimum atomic E-state index is 0.852. The van der Waals surface area contributed by atoms with Gasteiger partial charge in [-0.1, -0.05) is 6.07 Å². The summed E-state index contributed by atoms with van der Waals surface area (Å²) in [4.78, 5) is 13.1. The van der Waals surface area contributed by atoms with E-state index < -0.39 is 0 Å². The lowest BCUT2D eigenvalue weighted by atomic mass is 10.1. The second-order valence-corrected chi connectivity index (χ2v) is 8.37. The van der Waals surface area contributed by atoms with E-state index in [-0.39, 0.29) is 0 Å². The molecular formula is C23H24N4OS. The maximum absolute atomic E-state index is 5.46. The van der Waals surface area contributed by atoms with E-state index in [1.165, 1.54) is 27.7 Å². The first-order valence-electron chi connectivity index (χ1n) is 10.0. The van der Waals surface area contributed by atoms with Gasteiger partial charge in [0.2, 0.25) is 0 Å². The summed E-state index contributed by atoms with van der Waals surface area (Å²) in [7, 11) is 1.73. The van der Waals surface area contributed by atoms with Gasteiger partial charge in [-0.25, -0.2) is 9.97 Å². The number of thiophene rings is 1. The molecule has 4 aromatic rings. The van der Waals surface area contributed by atoms with E-state index in [2.05, 4.69) is 51.2 Å². The topological polar surface area (TPSA) is 43.2 Å². The van der Waals surface area contributed by atoms with E-state index in [4.69, 9.17) is 9.72 Å². The third kappa shape index (κ3) is 3.43. The van der Waals surface area contributed by atoms with E-state index in [1.807, 2.05) is 18.3 Å². The molecule has 1 aliphatic rings. The van der Waals surface area contributed by atoms with Crippen LogP contribution in [-0.4, -0.2) is 33.1 Å². The molecule has 0 saturated carbocycles. The highest BCUT2D eigenvalue weighted by atomic mass is 32.1. The number of fused-ring (bicyclic) bond motifs is 2. The minimum absolute atomic E-state index is 0.852. The first kappa shape index (κ1) is 18.3. The Balaban J connectivity index is 1.40. The number of hydrogen-bond donors (Lipinski definition) is 0. The van der Waals surface area contributed by atoms with E-state index in [0.717, 1.165) is 49.1 Å². The highest BCUT2D eigenvalue weighted by molar-refractivity contribution is 7.13. The minimum Gasteiger partial charge on any atom is -0.497 e. The van der Waals surface area contributed by atoms with Gasteiger partial charge in [-0.2, -0.15) is 0 Å². The Labute approximate surface area is 174 Å². The van der Waals surface area contributed by atoms with Crippen molar-refractivity contribution in [3.8, 4) is 16.5 Å². The summed E-state index contributed by atoms with van der Waals surface area (Å²) in [5.74, 6) is 1.76. The summed E-state index contributed by atoms with van der Waals surface area (Å²) in [6.07, 6.45) is 5.27. The second kappa shape index (κ2) is 7.61. The number of rotatable bonds is 5. The molecule has 29 heavy (non-hydrogen) atoms. The first-order valence-corrected chi connectivity index (χ1v) is 10.9. The fourth-order valence-corrected chi connectivity index (χ4v) is 4.80. The van der Waals surface area contributed by atoms with E-state index >= 15 is 0 Å². The lowest BCUT2D eigenvalue weighted by Crippen LogP contribution is -2.30. The summed E-state index contributed by atoms with van der Waals surface area (Å²) >= 11 is 1.69. The van der Waals surface area contributed by atoms with Crippen molar-refractivity contribution >= 4 is 22.2 Å². The van der Waals surface area contributed by atoms with E-state index in [0.29, 0.717) is 0 Å². The molecule has 5 nitrogen and oxygen atoms in total. The molecule has 0 bridgehead atoms. The van der Waals surface area contributed by atoms with Gasteiger partial charge >= 0.3 is 0 Å². The van der Waals surface area contributed by atoms with Gasteiger partial charge in [-0.05, 0) is 42.1 Å². The first-order chi connectivity index (χ1) is 14.2. The van der Waals surface area contributed by atoms with Crippen LogP contribution in [-0.2, 0) is 26.1 Å². The molecule has 6 heteroatoms. The number of aromatic nitrogens is 3. The molecule has 1 aliphatic heterocycles. The van der Waals surface area contributed by atoms with Gasteiger partial charge in [-0.15, -0.1) is 11.3 Å². The molecule has 0 spiro atoms. The third-order valence-corrected chi connectivity index (χ3v) is 6.53. The van der Waals surface area contributed by atoms with Gasteiger partial charge in [0.1, 0.15) is 5.75 Å². The zero-order valence-electron chi connectivity index (χ0n) is 16.8. The average molecular weight is 405 g/mol. The predicted molar refractivity (Wildman–Crippen MR) is 117 cm³/mol. The van der Waals surface area contributed by atoms with Crippen LogP contribution >= 0.6 is 11.3 Å². The molecule has 0 aliphatic carbocycles. The zero-order chi connectivity index (χ0) is 19.8. The SMILES string of the molecule is CCn1cc(CN2CCc3nc(-c4cccs4)ncc3C2)c2cc(OC)ccc21. The number of methoxy groups -OCH3 is 1. The number of hydrogen-bond acceptors (Lipinski definition) is 5. The average Bonchev–Trinajstić information content (AvgIpc) is 3.41. The standard InChI is InChI=1S/C23H24N4OS/c1-3-27-15-17(19-11-18(28-2)6-7-21(19)27)14-26-9-8-20-16(13-26)12-24-23(25-20)22-5-4-10-29-22/h4-7,10-12,15H,3,8-9,13-14H2,1-2H3. The number of benzene rings is 1. The monoisotopic (exact) mass is 404 g/mol. The van der Waals surface area contributed by atoms with Crippen molar-refractivity contribution in [1.29, 1.82) is 0 Å². The Kier molecular flexibility index (Phi) is 4.81.